The van der Waals surface area contributed by atoms with Gasteiger partial charge in [0.2, 0.25) is 10.0 Å². The molecule has 0 unspecified atom stereocenters. The Kier molecular flexibility index (Phi) is 2.09. The highest BCUT2D eigenvalue weighted by Crippen LogP contribution is 2.14. The molecule has 0 aliphatic heterocycles. The zero-order valence-corrected chi connectivity index (χ0v) is 8.32. The van der Waals surface area contributed by atoms with Gasteiger partial charge in [0.25, 0.3) is 0 Å². The first-order valence-corrected chi connectivity index (χ1v) is 5.57. The van der Waals surface area contributed by atoms with Crippen LogP contribution in [-0.4, -0.2) is 8.42 Å². The standard InChI is InChI=1S/C9H7NO4S/c10-15(12,13)6-1-2-9-7(5-6)8(11)3-4-14-9/h1-5H,(H2,10,12,13). The molecule has 1 aromatic heterocycles. The molecule has 0 amide bonds. The predicted octanol–water partition coefficient (Wildman–Crippen LogP) is 0.440. The summed E-state index contributed by atoms with van der Waals surface area (Å²) in [4.78, 5) is 11.3. The van der Waals surface area contributed by atoms with E-state index in [0.29, 0.717) is 5.58 Å². The van der Waals surface area contributed by atoms with Crippen molar-refractivity contribution in [3.8, 4) is 0 Å². The van der Waals surface area contributed by atoms with E-state index in [1.54, 1.807) is 0 Å². The zero-order chi connectivity index (χ0) is 11.1. The summed E-state index contributed by atoms with van der Waals surface area (Å²) in [5, 5.41) is 5.14. The highest BCUT2D eigenvalue weighted by Gasteiger charge is 2.09. The molecule has 5 nitrogen and oxygen atoms in total. The van der Waals surface area contributed by atoms with Crippen molar-refractivity contribution in [3.05, 3.63) is 40.8 Å². The molecule has 1 heterocycles. The van der Waals surface area contributed by atoms with Crippen LogP contribution < -0.4 is 10.6 Å². The second-order valence-electron chi connectivity index (χ2n) is 2.99. The summed E-state index contributed by atoms with van der Waals surface area (Å²) in [6, 6.07) is 5.11. The van der Waals surface area contributed by atoms with Crippen LogP contribution in [0, 0.1) is 0 Å². The zero-order valence-electron chi connectivity index (χ0n) is 7.51. The first kappa shape index (κ1) is 9.88. The molecular weight excluding hydrogens is 218 g/mol. The molecule has 15 heavy (non-hydrogen) atoms. The van der Waals surface area contributed by atoms with Crippen molar-refractivity contribution in [1.29, 1.82) is 0 Å². The summed E-state index contributed by atoms with van der Waals surface area (Å²) in [7, 11) is -3.79. The summed E-state index contributed by atoms with van der Waals surface area (Å²) in [5.41, 5.74) is 0.0247. The summed E-state index contributed by atoms with van der Waals surface area (Å²) in [6.45, 7) is 0. The number of primary sulfonamides is 1. The number of benzene rings is 1. The van der Waals surface area contributed by atoms with Crippen molar-refractivity contribution in [1.82, 2.24) is 0 Å². The first-order chi connectivity index (χ1) is 6.98. The minimum atomic E-state index is -3.79. The van der Waals surface area contributed by atoms with Gasteiger partial charge < -0.3 is 4.42 Å². The van der Waals surface area contributed by atoms with E-state index in [1.807, 2.05) is 0 Å². The van der Waals surface area contributed by atoms with Crippen LogP contribution in [0.1, 0.15) is 0 Å². The first-order valence-electron chi connectivity index (χ1n) is 4.03. The van der Waals surface area contributed by atoms with Gasteiger partial charge in [-0.2, -0.15) is 0 Å². The third kappa shape index (κ3) is 1.77. The molecule has 2 N–H and O–H groups in total. The Morgan fingerprint density at radius 2 is 1.93 bits per heavy atom. The van der Waals surface area contributed by atoms with Crippen LogP contribution in [0.2, 0.25) is 0 Å². The Morgan fingerprint density at radius 1 is 1.20 bits per heavy atom. The number of fused-ring (bicyclic) bond motifs is 1. The Labute approximate surface area is 85.2 Å². The van der Waals surface area contributed by atoms with Gasteiger partial charge in [-0.25, -0.2) is 13.6 Å². The van der Waals surface area contributed by atoms with E-state index in [0.717, 1.165) is 0 Å². The Balaban J connectivity index is 2.88. The quantitative estimate of drug-likeness (QED) is 0.762. The van der Waals surface area contributed by atoms with Gasteiger partial charge >= 0.3 is 0 Å². The number of hydrogen-bond donors (Lipinski definition) is 1. The summed E-state index contributed by atoms with van der Waals surface area (Å²) < 4.78 is 27.1. The molecule has 6 heteroatoms. The molecule has 2 aromatic rings. The van der Waals surface area contributed by atoms with Crippen LogP contribution in [-0.2, 0) is 10.0 Å². The van der Waals surface area contributed by atoms with Gasteiger partial charge in [-0.05, 0) is 18.2 Å². The van der Waals surface area contributed by atoms with Gasteiger partial charge in [0.05, 0.1) is 16.5 Å². The number of hydrogen-bond acceptors (Lipinski definition) is 4. The minimum absolute atomic E-state index is 0.103. The van der Waals surface area contributed by atoms with E-state index < -0.39 is 10.0 Å². The van der Waals surface area contributed by atoms with Crippen molar-refractivity contribution < 1.29 is 12.8 Å². The molecule has 0 aliphatic rings. The van der Waals surface area contributed by atoms with Gasteiger partial charge in [0.15, 0.2) is 5.43 Å². The number of nitrogens with two attached hydrogens (primary N) is 1. The average molecular weight is 225 g/mol. The van der Waals surface area contributed by atoms with E-state index in [4.69, 9.17) is 9.56 Å². The predicted molar refractivity (Wildman–Crippen MR) is 53.9 cm³/mol. The maximum Gasteiger partial charge on any atom is 0.238 e. The van der Waals surface area contributed by atoms with Crippen molar-refractivity contribution in [2.75, 3.05) is 0 Å². The largest absolute Gasteiger partial charge is 0.464 e. The molecule has 0 bridgehead atoms. The molecule has 0 saturated heterocycles. The van der Waals surface area contributed by atoms with Gasteiger partial charge in [0.1, 0.15) is 5.58 Å². The molecule has 78 valence electrons. The molecule has 1 aromatic carbocycles. The van der Waals surface area contributed by atoms with Crippen molar-refractivity contribution in [2.24, 2.45) is 5.14 Å². The third-order valence-corrected chi connectivity index (χ3v) is 2.87. The van der Waals surface area contributed by atoms with Gasteiger partial charge in [0, 0.05) is 6.07 Å². The van der Waals surface area contributed by atoms with E-state index in [9.17, 15) is 13.2 Å². The molecule has 0 saturated carbocycles. The lowest BCUT2D eigenvalue weighted by molar-refractivity contribution is 0.596. The Hall–Kier alpha value is -1.66. The van der Waals surface area contributed by atoms with Crippen molar-refractivity contribution >= 4 is 21.0 Å². The lowest BCUT2D eigenvalue weighted by Crippen LogP contribution is -2.12. The molecule has 0 fully saturated rings. The van der Waals surface area contributed by atoms with Crippen LogP contribution in [0.25, 0.3) is 11.0 Å². The fourth-order valence-electron chi connectivity index (χ4n) is 1.24. The monoisotopic (exact) mass is 225 g/mol. The smallest absolute Gasteiger partial charge is 0.238 e. The van der Waals surface area contributed by atoms with Crippen LogP contribution in [0.3, 0.4) is 0 Å². The summed E-state index contributed by atoms with van der Waals surface area (Å²) in [5.74, 6) is 0. The molecular formula is C9H7NO4S. The van der Waals surface area contributed by atoms with Gasteiger partial charge in [-0.1, -0.05) is 0 Å². The number of sulfonamides is 1. The van der Waals surface area contributed by atoms with Crippen molar-refractivity contribution in [2.45, 2.75) is 4.90 Å². The fraction of sp³-hybridized carbons (Fsp3) is 0. The maximum absolute atomic E-state index is 11.4. The second-order valence-corrected chi connectivity index (χ2v) is 4.55. The molecule has 0 spiro atoms. The van der Waals surface area contributed by atoms with Crippen LogP contribution in [0.4, 0.5) is 0 Å². The molecule has 0 atom stereocenters. The Bertz CT molecular complexity index is 672. The van der Waals surface area contributed by atoms with E-state index in [1.165, 1.54) is 30.5 Å². The Morgan fingerprint density at radius 3 is 2.60 bits per heavy atom. The topological polar surface area (TPSA) is 90.4 Å². The lowest BCUT2D eigenvalue weighted by atomic mass is 10.2. The highest BCUT2D eigenvalue weighted by molar-refractivity contribution is 7.89. The lowest BCUT2D eigenvalue weighted by Gasteiger charge is -1.99. The minimum Gasteiger partial charge on any atom is -0.464 e. The molecule has 0 radical (unpaired) electrons. The third-order valence-electron chi connectivity index (χ3n) is 1.96. The highest BCUT2D eigenvalue weighted by atomic mass is 32.2. The molecule has 2 rings (SSSR count). The fourth-order valence-corrected chi connectivity index (χ4v) is 1.78. The summed E-state index contributed by atoms with van der Waals surface area (Å²) >= 11 is 0. The van der Waals surface area contributed by atoms with E-state index in [-0.39, 0.29) is 15.7 Å². The summed E-state index contributed by atoms with van der Waals surface area (Å²) in [6.07, 6.45) is 1.25. The SMILES string of the molecule is NS(=O)(=O)c1ccc2occc(=O)c2c1. The van der Waals surface area contributed by atoms with E-state index in [2.05, 4.69) is 0 Å². The van der Waals surface area contributed by atoms with E-state index >= 15 is 0 Å². The average Bonchev–Trinajstić information content (AvgIpc) is 2.16. The second kappa shape index (κ2) is 3.18. The van der Waals surface area contributed by atoms with Crippen LogP contribution >= 0.6 is 0 Å². The molecule has 0 aliphatic carbocycles. The maximum atomic E-state index is 11.4. The van der Waals surface area contributed by atoms with Gasteiger partial charge in [-0.15, -0.1) is 0 Å². The van der Waals surface area contributed by atoms with Gasteiger partial charge in [-0.3, -0.25) is 4.79 Å². The van der Waals surface area contributed by atoms with Crippen LogP contribution in [0.15, 0.2) is 44.6 Å². The van der Waals surface area contributed by atoms with Crippen LogP contribution in [0.5, 0.6) is 0 Å². The normalized spacial score (nSPS) is 11.8. The van der Waals surface area contributed by atoms with Crippen molar-refractivity contribution in [3.63, 3.8) is 0 Å². The number of rotatable bonds is 1.